The lowest BCUT2D eigenvalue weighted by atomic mass is 10.0. The van der Waals surface area contributed by atoms with Crippen LogP contribution in [-0.4, -0.2) is 29.3 Å². The van der Waals surface area contributed by atoms with Crippen LogP contribution in [0.5, 0.6) is 0 Å². The van der Waals surface area contributed by atoms with E-state index in [-0.39, 0.29) is 44.6 Å². The van der Waals surface area contributed by atoms with Crippen LogP contribution in [-0.2, 0) is 9.53 Å². The number of hydrogen-bond acceptors (Lipinski definition) is 4. The zero-order valence-electron chi connectivity index (χ0n) is 14.6. The maximum Gasteiger partial charge on any atom is 0.417 e. The monoisotopic (exact) mass is 389 g/mol. The molecule has 1 fully saturated rings. The van der Waals surface area contributed by atoms with E-state index in [9.17, 15) is 18.8 Å². The van der Waals surface area contributed by atoms with E-state index in [0.717, 1.165) is 10.5 Å². The van der Waals surface area contributed by atoms with Crippen LogP contribution in [0.25, 0.3) is 0 Å². The van der Waals surface area contributed by atoms with E-state index in [4.69, 9.17) is 4.74 Å². The van der Waals surface area contributed by atoms with Crippen molar-refractivity contribution in [2.45, 2.75) is 25.3 Å². The van der Waals surface area contributed by atoms with E-state index in [0.29, 0.717) is 12.0 Å². The number of amides is 2. The number of hydrogen-bond donors (Lipinski definition) is 0. The molecule has 0 aromatic heterocycles. The first-order valence-corrected chi connectivity index (χ1v) is 8.39. The number of carbonyl (C=O) groups excluding carboxylic acids is 3. The number of imide groups is 1. The molecule has 1 aliphatic rings. The lowest BCUT2D eigenvalue weighted by molar-refractivity contribution is -0.129. The van der Waals surface area contributed by atoms with Crippen molar-refractivity contribution < 1.29 is 23.5 Å². The summed E-state index contributed by atoms with van der Waals surface area (Å²) in [6.07, 6.45) is -0.143. The number of rotatable bonds is 6. The van der Waals surface area contributed by atoms with Gasteiger partial charge in [-0.25, -0.2) is 14.1 Å². The molecule has 0 saturated carbocycles. The third-order valence-corrected chi connectivity index (χ3v) is 4.29. The van der Waals surface area contributed by atoms with Crippen LogP contribution in [0.15, 0.2) is 54.6 Å². The normalized spacial score (nSPS) is 15.8. The van der Waals surface area contributed by atoms with Crippen LogP contribution < -0.4 is 0 Å². The topological polar surface area (TPSA) is 63.7 Å². The molecule has 7 heteroatoms. The maximum absolute atomic E-state index is 12.9. The Kier molecular flexibility index (Phi) is 7.12. The van der Waals surface area contributed by atoms with Gasteiger partial charge in [0.2, 0.25) is 5.91 Å². The van der Waals surface area contributed by atoms with Crippen molar-refractivity contribution in [1.29, 1.82) is 0 Å². The summed E-state index contributed by atoms with van der Waals surface area (Å²) < 4.78 is 17.9. The van der Waals surface area contributed by atoms with E-state index < -0.39 is 18.0 Å². The number of ether oxygens (including phenoxy) is 1. The number of ketones is 1. The molecular weight excluding hydrogens is 369 g/mol. The van der Waals surface area contributed by atoms with Crippen molar-refractivity contribution in [2.75, 3.05) is 6.61 Å². The van der Waals surface area contributed by atoms with Crippen LogP contribution in [0.2, 0.25) is 0 Å². The zero-order valence-corrected chi connectivity index (χ0v) is 15.6. The van der Waals surface area contributed by atoms with Crippen LogP contribution in [0.4, 0.5) is 9.18 Å². The molecule has 2 aromatic carbocycles. The number of cyclic esters (lactones) is 1. The van der Waals surface area contributed by atoms with Crippen molar-refractivity contribution in [3.8, 4) is 0 Å². The van der Waals surface area contributed by atoms with Crippen LogP contribution in [0.1, 0.15) is 41.2 Å². The van der Waals surface area contributed by atoms with Gasteiger partial charge in [0.05, 0.1) is 0 Å². The SMILES string of the molecule is O=C(CCCC(=O)N1C(=O)OC[C@@H]1c1ccccc1)c1ccc(F)cc1.S. The third kappa shape index (κ3) is 4.95. The predicted octanol–water partition coefficient (Wildman–Crippen LogP) is 4.01. The number of Topliss-reactive ketones (excluding diaryl/α,β-unsaturated/α-hetero) is 1. The first-order valence-electron chi connectivity index (χ1n) is 8.39. The van der Waals surface area contributed by atoms with Gasteiger partial charge in [-0.1, -0.05) is 30.3 Å². The number of nitrogens with zero attached hydrogens (tertiary/aromatic N) is 1. The van der Waals surface area contributed by atoms with Gasteiger partial charge in [0.15, 0.2) is 5.78 Å². The summed E-state index contributed by atoms with van der Waals surface area (Å²) in [5.74, 6) is -0.939. The summed E-state index contributed by atoms with van der Waals surface area (Å²) in [5, 5.41) is 0. The van der Waals surface area contributed by atoms with Gasteiger partial charge in [0, 0.05) is 18.4 Å². The summed E-state index contributed by atoms with van der Waals surface area (Å²) in [6.45, 7) is 0.128. The number of halogens is 1. The molecule has 2 aromatic rings. The molecule has 3 rings (SSSR count). The predicted molar refractivity (Wildman–Crippen MR) is 102 cm³/mol. The van der Waals surface area contributed by atoms with E-state index in [1.165, 1.54) is 24.3 Å². The number of carbonyl (C=O) groups is 3. The van der Waals surface area contributed by atoms with E-state index in [1.54, 1.807) is 0 Å². The van der Waals surface area contributed by atoms with Crippen molar-refractivity contribution in [1.82, 2.24) is 4.90 Å². The molecule has 2 amide bonds. The second kappa shape index (κ2) is 9.32. The van der Waals surface area contributed by atoms with Gasteiger partial charge in [0.25, 0.3) is 0 Å². The zero-order chi connectivity index (χ0) is 18.5. The highest BCUT2D eigenvalue weighted by molar-refractivity contribution is 7.59. The Balaban J connectivity index is 0.00000261. The van der Waals surface area contributed by atoms with Gasteiger partial charge >= 0.3 is 6.09 Å². The Bertz CT molecular complexity index is 810. The molecule has 0 unspecified atom stereocenters. The molecule has 142 valence electrons. The van der Waals surface area contributed by atoms with E-state index in [2.05, 4.69) is 0 Å². The van der Waals surface area contributed by atoms with Crippen molar-refractivity contribution in [3.63, 3.8) is 0 Å². The lowest BCUT2D eigenvalue weighted by Gasteiger charge is -2.19. The van der Waals surface area contributed by atoms with Crippen molar-refractivity contribution >= 4 is 31.3 Å². The van der Waals surface area contributed by atoms with Crippen LogP contribution in [0, 0.1) is 5.82 Å². The highest BCUT2D eigenvalue weighted by Gasteiger charge is 2.38. The Hall–Kier alpha value is -2.67. The molecule has 0 bridgehead atoms. The van der Waals surface area contributed by atoms with E-state index in [1.807, 2.05) is 30.3 Å². The average molecular weight is 389 g/mol. The standard InChI is InChI=1S/C20H18FNO4.H2S/c21-16-11-9-15(10-12-16)18(23)7-4-8-19(24)22-17(13-26-20(22)25)14-5-2-1-3-6-14;/h1-3,5-6,9-12,17H,4,7-8,13H2;1H2/t17-;/m1./s1. The summed E-state index contributed by atoms with van der Waals surface area (Å²) >= 11 is 0. The smallest absolute Gasteiger partial charge is 0.417 e. The molecular formula is C20H20FNO4S. The lowest BCUT2D eigenvalue weighted by Crippen LogP contribution is -2.34. The van der Waals surface area contributed by atoms with Gasteiger partial charge in [0.1, 0.15) is 18.5 Å². The van der Waals surface area contributed by atoms with Crippen molar-refractivity contribution in [2.24, 2.45) is 0 Å². The van der Waals surface area contributed by atoms with Gasteiger partial charge in [-0.2, -0.15) is 13.5 Å². The Labute approximate surface area is 163 Å². The molecule has 5 nitrogen and oxygen atoms in total. The van der Waals surface area contributed by atoms with E-state index >= 15 is 0 Å². The Morgan fingerprint density at radius 3 is 2.37 bits per heavy atom. The fourth-order valence-electron chi connectivity index (χ4n) is 2.92. The molecule has 1 atom stereocenters. The van der Waals surface area contributed by atoms with Crippen LogP contribution >= 0.6 is 13.5 Å². The van der Waals surface area contributed by atoms with Crippen molar-refractivity contribution in [3.05, 3.63) is 71.5 Å². The molecule has 0 aliphatic carbocycles. The van der Waals surface area contributed by atoms with Gasteiger partial charge < -0.3 is 4.74 Å². The highest BCUT2D eigenvalue weighted by atomic mass is 32.1. The number of benzene rings is 2. The second-order valence-corrected chi connectivity index (χ2v) is 6.05. The summed E-state index contributed by atoms with van der Waals surface area (Å²) in [6, 6.07) is 14.1. The first-order chi connectivity index (χ1) is 12.6. The fourth-order valence-corrected chi connectivity index (χ4v) is 2.92. The largest absolute Gasteiger partial charge is 0.446 e. The first kappa shape index (κ1) is 20.6. The Morgan fingerprint density at radius 2 is 1.70 bits per heavy atom. The second-order valence-electron chi connectivity index (χ2n) is 6.05. The molecule has 0 N–H and O–H groups in total. The fraction of sp³-hybridized carbons (Fsp3) is 0.250. The molecule has 0 spiro atoms. The molecule has 27 heavy (non-hydrogen) atoms. The molecule has 0 radical (unpaired) electrons. The Morgan fingerprint density at radius 1 is 1.04 bits per heavy atom. The summed E-state index contributed by atoms with van der Waals surface area (Å²) in [7, 11) is 0. The highest BCUT2D eigenvalue weighted by Crippen LogP contribution is 2.28. The molecule has 1 aliphatic heterocycles. The minimum atomic E-state index is -0.659. The summed E-state index contributed by atoms with van der Waals surface area (Å²) in [5.41, 5.74) is 1.23. The quantitative estimate of drug-likeness (QED) is 0.700. The van der Waals surface area contributed by atoms with Crippen LogP contribution in [0.3, 0.4) is 0 Å². The summed E-state index contributed by atoms with van der Waals surface area (Å²) in [4.78, 5) is 37.6. The van der Waals surface area contributed by atoms with Gasteiger partial charge in [-0.05, 0) is 36.2 Å². The van der Waals surface area contributed by atoms with Gasteiger partial charge in [-0.15, -0.1) is 0 Å². The van der Waals surface area contributed by atoms with Gasteiger partial charge in [-0.3, -0.25) is 9.59 Å². The molecule has 1 saturated heterocycles. The average Bonchev–Trinajstić information content (AvgIpc) is 3.04. The third-order valence-electron chi connectivity index (χ3n) is 4.29. The maximum atomic E-state index is 12.9. The minimum absolute atomic E-state index is 0. The minimum Gasteiger partial charge on any atom is -0.446 e. The molecule has 1 heterocycles.